The first-order chi connectivity index (χ1) is 14.2. The van der Waals surface area contributed by atoms with Gasteiger partial charge in [-0.25, -0.2) is 0 Å². The number of nitrogens with one attached hydrogen (secondary N) is 1. The van der Waals surface area contributed by atoms with Gasteiger partial charge in [0.25, 0.3) is 5.91 Å². The van der Waals surface area contributed by atoms with E-state index in [1.165, 1.54) is 15.5 Å². The first-order valence-electron chi connectivity index (χ1n) is 10.3. The van der Waals surface area contributed by atoms with Gasteiger partial charge in [-0.3, -0.25) is 14.5 Å². The minimum absolute atomic E-state index is 0.00108. The molecule has 6 nitrogen and oxygen atoms in total. The van der Waals surface area contributed by atoms with E-state index in [0.717, 1.165) is 37.5 Å². The maximum Gasteiger partial charge on any atom is 0.288 e. The summed E-state index contributed by atoms with van der Waals surface area (Å²) in [6.07, 6.45) is 1.05. The second-order valence-corrected chi connectivity index (χ2v) is 7.72. The van der Waals surface area contributed by atoms with E-state index in [1.807, 2.05) is 42.5 Å². The van der Waals surface area contributed by atoms with Crippen LogP contribution in [-0.2, 0) is 16.0 Å². The summed E-state index contributed by atoms with van der Waals surface area (Å²) < 4.78 is 5.22. The molecule has 2 amide bonds. The Bertz CT molecular complexity index is 845. The minimum atomic E-state index is -0.226. The number of anilines is 1. The van der Waals surface area contributed by atoms with Crippen LogP contribution >= 0.6 is 0 Å². The maximum atomic E-state index is 12.9. The smallest absolute Gasteiger partial charge is 0.288 e. The fraction of sp³-hybridized carbons (Fsp3) is 0.391. The van der Waals surface area contributed by atoms with E-state index in [2.05, 4.69) is 17.0 Å². The number of hydrogen-bond donors (Lipinski definition) is 1. The number of methoxy groups -OCH3 is 1. The standard InChI is InChI=1S/C23H27N3O3/c1-29-20-9-7-19(8-10-20)24-13-15-25(16-14-24)21-17-22(27)26(23(21)28)12-11-18-5-3-2-4-6-18/h2-10,21H,11-17H2,1H3/p+1/t21-/m1/s1. The van der Waals surface area contributed by atoms with Crippen LogP contribution in [0.1, 0.15) is 12.0 Å². The van der Waals surface area contributed by atoms with Gasteiger partial charge in [-0.2, -0.15) is 0 Å². The van der Waals surface area contributed by atoms with Crippen LogP contribution < -0.4 is 14.5 Å². The van der Waals surface area contributed by atoms with E-state index >= 15 is 0 Å². The van der Waals surface area contributed by atoms with Gasteiger partial charge in [0.2, 0.25) is 5.91 Å². The van der Waals surface area contributed by atoms with Crippen LogP contribution in [0.25, 0.3) is 0 Å². The van der Waals surface area contributed by atoms with Crippen LogP contribution in [0.15, 0.2) is 54.6 Å². The lowest BCUT2D eigenvalue weighted by atomic mass is 10.1. The topological polar surface area (TPSA) is 54.3 Å². The zero-order valence-corrected chi connectivity index (χ0v) is 16.8. The van der Waals surface area contributed by atoms with Crippen molar-refractivity contribution in [1.29, 1.82) is 0 Å². The lowest BCUT2D eigenvalue weighted by molar-refractivity contribution is -0.915. The molecule has 2 aliphatic heterocycles. The van der Waals surface area contributed by atoms with Crippen molar-refractivity contribution in [2.24, 2.45) is 0 Å². The largest absolute Gasteiger partial charge is 0.497 e. The molecule has 0 radical (unpaired) electrons. The number of carbonyl (C=O) groups excluding carboxylic acids is 2. The Morgan fingerprint density at radius 3 is 2.34 bits per heavy atom. The summed E-state index contributed by atoms with van der Waals surface area (Å²) in [5, 5.41) is 0. The van der Waals surface area contributed by atoms with E-state index in [-0.39, 0.29) is 17.9 Å². The molecule has 29 heavy (non-hydrogen) atoms. The number of amides is 2. The van der Waals surface area contributed by atoms with Gasteiger partial charge in [0.05, 0.1) is 39.7 Å². The molecule has 152 valence electrons. The predicted molar refractivity (Wildman–Crippen MR) is 111 cm³/mol. The normalized spacial score (nSPS) is 20.4. The molecule has 2 heterocycles. The summed E-state index contributed by atoms with van der Waals surface area (Å²) in [6.45, 7) is 3.96. The highest BCUT2D eigenvalue weighted by Gasteiger charge is 2.45. The number of carbonyl (C=O) groups is 2. The van der Waals surface area contributed by atoms with Crippen molar-refractivity contribution in [2.75, 3.05) is 44.7 Å². The minimum Gasteiger partial charge on any atom is -0.497 e. The second kappa shape index (κ2) is 8.66. The molecule has 6 heteroatoms. The first-order valence-corrected chi connectivity index (χ1v) is 10.3. The highest BCUT2D eigenvalue weighted by molar-refractivity contribution is 6.04. The summed E-state index contributed by atoms with van der Waals surface area (Å²) in [5.41, 5.74) is 2.32. The van der Waals surface area contributed by atoms with Crippen molar-refractivity contribution in [2.45, 2.75) is 18.9 Å². The number of hydrogen-bond acceptors (Lipinski definition) is 4. The summed E-state index contributed by atoms with van der Waals surface area (Å²) in [4.78, 5) is 30.4. The highest BCUT2D eigenvalue weighted by atomic mass is 16.5. The molecule has 0 aliphatic carbocycles. The Hall–Kier alpha value is -2.86. The Kier molecular flexibility index (Phi) is 5.81. The first kappa shape index (κ1) is 19.5. The SMILES string of the molecule is COc1ccc(N2CC[NH+]([C@@H]3CC(=O)N(CCc4ccccc4)C3=O)CC2)cc1. The van der Waals surface area contributed by atoms with Gasteiger partial charge in [-0.05, 0) is 36.2 Å². The lowest BCUT2D eigenvalue weighted by Gasteiger charge is -2.35. The van der Waals surface area contributed by atoms with Crippen LogP contribution in [0.4, 0.5) is 5.69 Å². The van der Waals surface area contributed by atoms with Crippen LogP contribution in [0, 0.1) is 0 Å². The number of rotatable bonds is 6. The molecule has 2 fully saturated rings. The zero-order chi connectivity index (χ0) is 20.2. The highest BCUT2D eigenvalue weighted by Crippen LogP contribution is 2.19. The second-order valence-electron chi connectivity index (χ2n) is 7.72. The monoisotopic (exact) mass is 394 g/mol. The van der Waals surface area contributed by atoms with Crippen molar-refractivity contribution >= 4 is 17.5 Å². The van der Waals surface area contributed by atoms with E-state index < -0.39 is 0 Å². The van der Waals surface area contributed by atoms with Gasteiger partial charge >= 0.3 is 0 Å². The van der Waals surface area contributed by atoms with Crippen molar-refractivity contribution < 1.29 is 19.2 Å². The van der Waals surface area contributed by atoms with Gasteiger partial charge in [0, 0.05) is 12.2 Å². The molecular formula is C23H28N3O3+. The van der Waals surface area contributed by atoms with Crippen LogP contribution in [-0.4, -0.2) is 62.6 Å². The van der Waals surface area contributed by atoms with Crippen LogP contribution in [0.3, 0.4) is 0 Å². The molecule has 4 rings (SSSR count). The molecular weight excluding hydrogens is 366 g/mol. The van der Waals surface area contributed by atoms with E-state index in [4.69, 9.17) is 4.74 Å². The van der Waals surface area contributed by atoms with E-state index in [1.54, 1.807) is 7.11 Å². The molecule has 2 aromatic carbocycles. The van der Waals surface area contributed by atoms with Crippen LogP contribution in [0.2, 0.25) is 0 Å². The van der Waals surface area contributed by atoms with Crippen LogP contribution in [0.5, 0.6) is 5.75 Å². The summed E-state index contributed by atoms with van der Waals surface area (Å²) >= 11 is 0. The third-order valence-electron chi connectivity index (χ3n) is 6.05. The molecule has 0 saturated carbocycles. The Labute approximate surface area is 171 Å². The molecule has 0 aromatic heterocycles. The summed E-state index contributed by atoms with van der Waals surface area (Å²) in [6, 6.07) is 17.9. The molecule has 2 aromatic rings. The summed E-state index contributed by atoms with van der Waals surface area (Å²) in [5.74, 6) is 0.823. The number of nitrogens with zero attached hydrogens (tertiary/aromatic N) is 2. The van der Waals surface area contributed by atoms with Gasteiger partial charge < -0.3 is 14.5 Å². The number of quaternary nitrogens is 1. The number of piperazine rings is 1. The Balaban J connectivity index is 1.32. The lowest BCUT2D eigenvalue weighted by Crippen LogP contribution is -3.19. The Morgan fingerprint density at radius 2 is 1.69 bits per heavy atom. The molecule has 0 unspecified atom stereocenters. The summed E-state index contributed by atoms with van der Waals surface area (Å²) in [7, 11) is 1.67. The molecule has 1 N–H and O–H groups in total. The molecule has 0 bridgehead atoms. The average molecular weight is 394 g/mol. The van der Waals surface area contributed by atoms with E-state index in [9.17, 15) is 9.59 Å². The number of likely N-dealkylation sites (tertiary alicyclic amines) is 1. The van der Waals surface area contributed by atoms with Crippen molar-refractivity contribution in [3.05, 3.63) is 60.2 Å². The Morgan fingerprint density at radius 1 is 1.00 bits per heavy atom. The van der Waals surface area contributed by atoms with Gasteiger partial charge in [-0.1, -0.05) is 30.3 Å². The number of imide groups is 1. The van der Waals surface area contributed by atoms with Gasteiger partial charge in [0.1, 0.15) is 5.75 Å². The molecule has 2 aliphatic rings. The van der Waals surface area contributed by atoms with E-state index in [0.29, 0.717) is 19.4 Å². The van der Waals surface area contributed by atoms with Crippen molar-refractivity contribution in [3.63, 3.8) is 0 Å². The number of ether oxygens (including phenoxy) is 1. The quantitative estimate of drug-likeness (QED) is 0.736. The van der Waals surface area contributed by atoms with Crippen molar-refractivity contribution in [3.8, 4) is 5.75 Å². The molecule has 1 atom stereocenters. The maximum absolute atomic E-state index is 12.9. The fourth-order valence-electron chi connectivity index (χ4n) is 4.32. The van der Waals surface area contributed by atoms with Crippen molar-refractivity contribution in [1.82, 2.24) is 4.90 Å². The predicted octanol–water partition coefficient (Wildman–Crippen LogP) is 0.770. The number of benzene rings is 2. The average Bonchev–Trinajstić information content (AvgIpc) is 3.06. The fourth-order valence-corrected chi connectivity index (χ4v) is 4.32. The van der Waals surface area contributed by atoms with Gasteiger partial charge in [-0.15, -0.1) is 0 Å². The molecule has 0 spiro atoms. The van der Waals surface area contributed by atoms with Gasteiger partial charge in [0.15, 0.2) is 6.04 Å². The zero-order valence-electron chi connectivity index (χ0n) is 16.8. The third kappa shape index (κ3) is 4.27. The molecule has 2 saturated heterocycles. The third-order valence-corrected chi connectivity index (χ3v) is 6.05.